The highest BCUT2D eigenvalue weighted by molar-refractivity contribution is 5.97. The van der Waals surface area contributed by atoms with Gasteiger partial charge in [0, 0.05) is 13.6 Å². The van der Waals surface area contributed by atoms with Crippen molar-refractivity contribution in [3.05, 3.63) is 11.4 Å². The second-order valence-corrected chi connectivity index (χ2v) is 5.20. The summed E-state index contributed by atoms with van der Waals surface area (Å²) < 4.78 is 5.42. The predicted octanol–water partition coefficient (Wildman–Crippen LogP) is 1.61. The van der Waals surface area contributed by atoms with Crippen LogP contribution >= 0.6 is 0 Å². The van der Waals surface area contributed by atoms with E-state index < -0.39 is 0 Å². The number of anilines is 1. The van der Waals surface area contributed by atoms with Crippen LogP contribution in [-0.4, -0.2) is 47.3 Å². The number of nitrogens with zero attached hydrogens (tertiary/aromatic N) is 2. The summed E-state index contributed by atoms with van der Waals surface area (Å²) in [5, 5.41) is 6.85. The summed E-state index contributed by atoms with van der Waals surface area (Å²) in [6, 6.07) is 0. The minimum atomic E-state index is -0.187. The van der Waals surface area contributed by atoms with E-state index in [-0.39, 0.29) is 23.6 Å². The second kappa shape index (κ2) is 6.56. The summed E-state index contributed by atoms with van der Waals surface area (Å²) in [6.45, 7) is 8.93. The number of hydrogen-bond acceptors (Lipinski definition) is 4. The normalized spacial score (nSPS) is 11.3. The van der Waals surface area contributed by atoms with Gasteiger partial charge < -0.3 is 15.4 Å². The van der Waals surface area contributed by atoms with Gasteiger partial charge in [-0.15, -0.1) is 0 Å². The highest BCUT2D eigenvalue weighted by Gasteiger charge is 2.21. The van der Waals surface area contributed by atoms with Crippen molar-refractivity contribution in [2.24, 2.45) is 0 Å². The van der Waals surface area contributed by atoms with Crippen molar-refractivity contribution in [2.45, 2.75) is 39.7 Å². The fourth-order valence-electron chi connectivity index (χ4n) is 1.67. The molecule has 1 rings (SSSR count). The molecule has 0 radical (unpaired) electrons. The van der Waals surface area contributed by atoms with Crippen LogP contribution in [0.15, 0.2) is 0 Å². The lowest BCUT2D eigenvalue weighted by atomic mass is 10.1. The molecule has 1 aromatic rings. The Balaban J connectivity index is 2.67. The van der Waals surface area contributed by atoms with Crippen LogP contribution < -0.4 is 5.73 Å². The number of ether oxygens (including phenoxy) is 1. The van der Waals surface area contributed by atoms with E-state index in [9.17, 15) is 4.79 Å². The van der Waals surface area contributed by atoms with Gasteiger partial charge in [0.1, 0.15) is 0 Å². The Labute approximate surface area is 114 Å². The Hall–Kier alpha value is -1.56. The number of aromatic amines is 1. The Kier molecular flexibility index (Phi) is 5.35. The molecule has 0 spiro atoms. The number of aromatic nitrogens is 2. The van der Waals surface area contributed by atoms with Crippen molar-refractivity contribution in [3.63, 3.8) is 0 Å². The monoisotopic (exact) mass is 268 g/mol. The molecular formula is C13H24N4O2. The lowest BCUT2D eigenvalue weighted by Crippen LogP contribution is -2.31. The van der Waals surface area contributed by atoms with Crippen molar-refractivity contribution < 1.29 is 9.53 Å². The summed E-state index contributed by atoms with van der Waals surface area (Å²) in [4.78, 5) is 13.8. The SMILES string of the molecule is CC(C)OCCN(C)C(=O)c1n[nH]c(C(C)C)c1N. The maximum Gasteiger partial charge on any atom is 0.276 e. The van der Waals surface area contributed by atoms with E-state index in [2.05, 4.69) is 10.2 Å². The van der Waals surface area contributed by atoms with Crippen molar-refractivity contribution in [1.82, 2.24) is 15.1 Å². The minimum Gasteiger partial charge on any atom is -0.395 e. The van der Waals surface area contributed by atoms with Crippen LogP contribution in [0.4, 0.5) is 5.69 Å². The van der Waals surface area contributed by atoms with Crippen LogP contribution in [0.1, 0.15) is 49.8 Å². The van der Waals surface area contributed by atoms with E-state index in [4.69, 9.17) is 10.5 Å². The van der Waals surface area contributed by atoms with Gasteiger partial charge in [-0.3, -0.25) is 9.89 Å². The zero-order valence-electron chi connectivity index (χ0n) is 12.4. The average Bonchev–Trinajstić information content (AvgIpc) is 2.69. The highest BCUT2D eigenvalue weighted by atomic mass is 16.5. The van der Waals surface area contributed by atoms with Crippen molar-refractivity contribution >= 4 is 11.6 Å². The molecule has 0 fully saturated rings. The minimum absolute atomic E-state index is 0.159. The molecule has 1 aromatic heterocycles. The van der Waals surface area contributed by atoms with E-state index in [0.29, 0.717) is 18.8 Å². The molecule has 3 N–H and O–H groups in total. The van der Waals surface area contributed by atoms with Gasteiger partial charge in [-0.25, -0.2) is 0 Å². The lowest BCUT2D eigenvalue weighted by molar-refractivity contribution is 0.0529. The highest BCUT2D eigenvalue weighted by Crippen LogP contribution is 2.22. The number of likely N-dealkylation sites (N-methyl/N-ethyl adjacent to an activating group) is 1. The number of nitrogens with two attached hydrogens (primary N) is 1. The molecule has 6 heteroatoms. The molecule has 19 heavy (non-hydrogen) atoms. The number of carbonyl (C=O) groups is 1. The molecule has 1 amide bonds. The number of rotatable bonds is 6. The number of hydrogen-bond donors (Lipinski definition) is 2. The van der Waals surface area contributed by atoms with Gasteiger partial charge in [0.2, 0.25) is 0 Å². The summed E-state index contributed by atoms with van der Waals surface area (Å²) in [5.74, 6) is 0.0247. The maximum atomic E-state index is 12.2. The van der Waals surface area contributed by atoms with Gasteiger partial charge in [-0.2, -0.15) is 5.10 Å². The summed E-state index contributed by atoms with van der Waals surface area (Å²) in [5.41, 5.74) is 7.48. The first-order valence-corrected chi connectivity index (χ1v) is 6.55. The smallest absolute Gasteiger partial charge is 0.276 e. The Morgan fingerprint density at radius 1 is 1.42 bits per heavy atom. The van der Waals surface area contributed by atoms with E-state index in [1.54, 1.807) is 11.9 Å². The standard InChI is InChI=1S/C13H24N4O2/c1-8(2)11-10(14)12(16-15-11)13(18)17(5)6-7-19-9(3)4/h8-9H,6-7,14H2,1-5H3,(H,15,16). The fraction of sp³-hybridized carbons (Fsp3) is 0.692. The molecule has 0 aliphatic carbocycles. The third-order valence-corrected chi connectivity index (χ3v) is 2.84. The van der Waals surface area contributed by atoms with Crippen LogP contribution in [0.2, 0.25) is 0 Å². The zero-order chi connectivity index (χ0) is 14.6. The number of carbonyl (C=O) groups excluding carboxylic acids is 1. The topological polar surface area (TPSA) is 84.2 Å². The molecule has 0 aliphatic rings. The second-order valence-electron chi connectivity index (χ2n) is 5.20. The van der Waals surface area contributed by atoms with E-state index in [0.717, 1.165) is 5.69 Å². The van der Waals surface area contributed by atoms with E-state index in [1.807, 2.05) is 27.7 Å². The molecule has 0 saturated heterocycles. The molecule has 0 unspecified atom stereocenters. The molecule has 0 aromatic carbocycles. The van der Waals surface area contributed by atoms with E-state index in [1.165, 1.54) is 0 Å². The first kappa shape index (κ1) is 15.5. The Bertz CT molecular complexity index is 426. The molecule has 1 heterocycles. The summed E-state index contributed by atoms with van der Waals surface area (Å²) in [7, 11) is 1.72. The molecular weight excluding hydrogens is 244 g/mol. The zero-order valence-corrected chi connectivity index (χ0v) is 12.4. The quantitative estimate of drug-likeness (QED) is 0.821. The van der Waals surface area contributed by atoms with E-state index >= 15 is 0 Å². The number of nitrogen functional groups attached to an aromatic ring is 1. The van der Waals surface area contributed by atoms with Gasteiger partial charge in [-0.05, 0) is 19.8 Å². The summed E-state index contributed by atoms with van der Waals surface area (Å²) >= 11 is 0. The molecule has 0 bridgehead atoms. The first-order chi connectivity index (χ1) is 8.84. The van der Waals surface area contributed by atoms with Gasteiger partial charge in [0.05, 0.1) is 24.1 Å². The van der Waals surface area contributed by atoms with Gasteiger partial charge in [0.15, 0.2) is 5.69 Å². The Morgan fingerprint density at radius 3 is 2.53 bits per heavy atom. The van der Waals surface area contributed by atoms with Gasteiger partial charge in [-0.1, -0.05) is 13.8 Å². The average molecular weight is 268 g/mol. The predicted molar refractivity (Wildman–Crippen MR) is 75.1 cm³/mol. The third-order valence-electron chi connectivity index (χ3n) is 2.84. The van der Waals surface area contributed by atoms with Crippen LogP contribution in [0.25, 0.3) is 0 Å². The van der Waals surface area contributed by atoms with Crippen LogP contribution in [0, 0.1) is 0 Å². The third kappa shape index (κ3) is 3.96. The first-order valence-electron chi connectivity index (χ1n) is 6.55. The van der Waals surface area contributed by atoms with Crippen LogP contribution in [0.3, 0.4) is 0 Å². The molecule has 0 atom stereocenters. The molecule has 6 nitrogen and oxygen atoms in total. The molecule has 108 valence electrons. The number of H-pyrrole nitrogens is 1. The van der Waals surface area contributed by atoms with Crippen LogP contribution in [0.5, 0.6) is 0 Å². The van der Waals surface area contributed by atoms with Gasteiger partial charge in [0.25, 0.3) is 5.91 Å². The molecule has 0 aliphatic heterocycles. The van der Waals surface area contributed by atoms with Crippen molar-refractivity contribution in [2.75, 3.05) is 25.9 Å². The number of nitrogens with one attached hydrogen (secondary N) is 1. The number of amides is 1. The van der Waals surface area contributed by atoms with Crippen LogP contribution in [-0.2, 0) is 4.74 Å². The van der Waals surface area contributed by atoms with Crippen molar-refractivity contribution in [1.29, 1.82) is 0 Å². The van der Waals surface area contributed by atoms with Crippen molar-refractivity contribution in [3.8, 4) is 0 Å². The molecule has 0 saturated carbocycles. The van der Waals surface area contributed by atoms with Gasteiger partial charge >= 0.3 is 0 Å². The fourth-order valence-corrected chi connectivity index (χ4v) is 1.67. The lowest BCUT2D eigenvalue weighted by Gasteiger charge is -2.17. The largest absolute Gasteiger partial charge is 0.395 e. The maximum absolute atomic E-state index is 12.2. The summed E-state index contributed by atoms with van der Waals surface area (Å²) in [6.07, 6.45) is 0.159. The Morgan fingerprint density at radius 2 is 2.05 bits per heavy atom.